The Hall–Kier alpha value is -1.09. The van der Waals surface area contributed by atoms with E-state index in [1.165, 1.54) is 6.07 Å². The first-order chi connectivity index (χ1) is 6.02. The Morgan fingerprint density at radius 1 is 1.38 bits per heavy atom. The molecule has 0 amide bonds. The van der Waals surface area contributed by atoms with E-state index in [-0.39, 0.29) is 11.9 Å². The third-order valence-electron chi connectivity index (χ3n) is 1.98. The molecule has 0 aliphatic heterocycles. The molecule has 0 fully saturated rings. The zero-order valence-electron chi connectivity index (χ0n) is 8.21. The van der Waals surface area contributed by atoms with Crippen molar-refractivity contribution < 1.29 is 4.39 Å². The van der Waals surface area contributed by atoms with Gasteiger partial charge in [0.15, 0.2) is 0 Å². The molecule has 0 bridgehead atoms. The lowest BCUT2D eigenvalue weighted by Crippen LogP contribution is -2.12. The van der Waals surface area contributed by atoms with Gasteiger partial charge in [0.2, 0.25) is 0 Å². The highest BCUT2D eigenvalue weighted by Crippen LogP contribution is 2.20. The van der Waals surface area contributed by atoms with Gasteiger partial charge in [0.1, 0.15) is 5.82 Å². The van der Waals surface area contributed by atoms with Crippen molar-refractivity contribution >= 4 is 5.69 Å². The van der Waals surface area contributed by atoms with Crippen LogP contribution in [0.4, 0.5) is 10.1 Å². The molecule has 1 aromatic carbocycles. The van der Waals surface area contributed by atoms with E-state index in [4.69, 9.17) is 5.73 Å². The number of hydrogen-bond acceptors (Lipinski definition) is 2. The van der Waals surface area contributed by atoms with Gasteiger partial charge in [-0.2, -0.15) is 0 Å². The van der Waals surface area contributed by atoms with Crippen molar-refractivity contribution in [2.45, 2.75) is 13.0 Å². The van der Waals surface area contributed by atoms with Gasteiger partial charge in [-0.05, 0) is 24.6 Å². The highest BCUT2D eigenvalue weighted by atomic mass is 19.1. The number of nitrogens with two attached hydrogens (primary N) is 1. The normalized spacial score (nSPS) is 12.7. The van der Waals surface area contributed by atoms with Crippen LogP contribution in [-0.2, 0) is 0 Å². The summed E-state index contributed by atoms with van der Waals surface area (Å²) in [7, 11) is 3.62. The van der Waals surface area contributed by atoms with Crippen LogP contribution < -0.4 is 10.6 Å². The van der Waals surface area contributed by atoms with Gasteiger partial charge >= 0.3 is 0 Å². The summed E-state index contributed by atoms with van der Waals surface area (Å²) in [6.45, 7) is 1.84. The van der Waals surface area contributed by atoms with Gasteiger partial charge in [-0.25, -0.2) is 4.39 Å². The van der Waals surface area contributed by atoms with Gasteiger partial charge < -0.3 is 10.6 Å². The highest BCUT2D eigenvalue weighted by Gasteiger charge is 2.06. The first kappa shape index (κ1) is 9.99. The predicted octanol–water partition coefficient (Wildman–Crippen LogP) is 1.91. The molecule has 3 heteroatoms. The average molecular weight is 182 g/mol. The molecule has 0 radical (unpaired) electrons. The average Bonchev–Trinajstić information content (AvgIpc) is 2.03. The summed E-state index contributed by atoms with van der Waals surface area (Å²) in [5, 5.41) is 0. The van der Waals surface area contributed by atoms with Crippen LogP contribution in [0.5, 0.6) is 0 Å². The maximum Gasteiger partial charge on any atom is 0.146 e. The Kier molecular flexibility index (Phi) is 2.88. The lowest BCUT2D eigenvalue weighted by atomic mass is 10.1. The van der Waals surface area contributed by atoms with Crippen molar-refractivity contribution in [1.82, 2.24) is 0 Å². The molecule has 0 aliphatic rings. The number of rotatable bonds is 2. The fourth-order valence-corrected chi connectivity index (χ4v) is 1.17. The molecule has 1 atom stereocenters. The maximum atomic E-state index is 13.4. The number of nitrogens with zero attached hydrogens (tertiary/aromatic N) is 1. The zero-order valence-corrected chi connectivity index (χ0v) is 8.21. The third-order valence-corrected chi connectivity index (χ3v) is 1.98. The van der Waals surface area contributed by atoms with E-state index >= 15 is 0 Å². The molecule has 0 heterocycles. The summed E-state index contributed by atoms with van der Waals surface area (Å²) in [6, 6.07) is 4.96. The van der Waals surface area contributed by atoms with Crippen molar-refractivity contribution in [2.75, 3.05) is 19.0 Å². The van der Waals surface area contributed by atoms with E-state index in [9.17, 15) is 4.39 Å². The van der Waals surface area contributed by atoms with Gasteiger partial charge in [0.05, 0.1) is 5.69 Å². The highest BCUT2D eigenvalue weighted by molar-refractivity contribution is 5.48. The first-order valence-corrected chi connectivity index (χ1v) is 4.24. The first-order valence-electron chi connectivity index (χ1n) is 4.24. The molecule has 1 aromatic rings. The smallest absolute Gasteiger partial charge is 0.146 e. The van der Waals surface area contributed by atoms with Gasteiger partial charge in [-0.15, -0.1) is 0 Å². The summed E-state index contributed by atoms with van der Waals surface area (Å²) >= 11 is 0. The van der Waals surface area contributed by atoms with E-state index in [0.29, 0.717) is 5.69 Å². The van der Waals surface area contributed by atoms with Crippen LogP contribution in [0.2, 0.25) is 0 Å². The van der Waals surface area contributed by atoms with E-state index in [2.05, 4.69) is 0 Å². The van der Waals surface area contributed by atoms with Crippen molar-refractivity contribution in [1.29, 1.82) is 0 Å². The summed E-state index contributed by atoms with van der Waals surface area (Å²) in [4.78, 5) is 1.74. The number of halogens is 1. The van der Waals surface area contributed by atoms with Crippen molar-refractivity contribution in [3.05, 3.63) is 29.6 Å². The summed E-state index contributed by atoms with van der Waals surface area (Å²) in [5.74, 6) is -0.222. The molecule has 0 aliphatic carbocycles. The predicted molar refractivity (Wildman–Crippen MR) is 53.3 cm³/mol. The Morgan fingerprint density at radius 2 is 2.00 bits per heavy atom. The lowest BCUT2D eigenvalue weighted by Gasteiger charge is -2.15. The molecule has 1 rings (SSSR count). The van der Waals surface area contributed by atoms with Crippen LogP contribution in [0.15, 0.2) is 18.2 Å². The fraction of sp³-hybridized carbons (Fsp3) is 0.400. The number of benzene rings is 1. The van der Waals surface area contributed by atoms with E-state index < -0.39 is 0 Å². The molecule has 72 valence electrons. The minimum absolute atomic E-state index is 0.120. The summed E-state index contributed by atoms with van der Waals surface area (Å²) < 4.78 is 13.4. The van der Waals surface area contributed by atoms with E-state index in [0.717, 1.165) is 5.56 Å². The van der Waals surface area contributed by atoms with E-state index in [1.54, 1.807) is 11.0 Å². The Morgan fingerprint density at radius 3 is 2.38 bits per heavy atom. The lowest BCUT2D eigenvalue weighted by molar-refractivity contribution is 0.621. The number of hydrogen-bond donors (Lipinski definition) is 1. The molecule has 1 unspecified atom stereocenters. The zero-order chi connectivity index (χ0) is 10.0. The minimum Gasteiger partial charge on any atom is -0.375 e. The van der Waals surface area contributed by atoms with Crippen molar-refractivity contribution in [3.63, 3.8) is 0 Å². The molecular formula is C10H15FN2. The maximum absolute atomic E-state index is 13.4. The Balaban J connectivity index is 3.06. The second kappa shape index (κ2) is 3.75. The minimum atomic E-state index is -0.222. The molecule has 13 heavy (non-hydrogen) atoms. The molecule has 2 N–H and O–H groups in total. The largest absolute Gasteiger partial charge is 0.375 e. The van der Waals surface area contributed by atoms with Crippen LogP contribution in [0.25, 0.3) is 0 Å². The van der Waals surface area contributed by atoms with Crippen molar-refractivity contribution in [2.24, 2.45) is 5.73 Å². The fourth-order valence-electron chi connectivity index (χ4n) is 1.17. The van der Waals surface area contributed by atoms with Gasteiger partial charge in [-0.3, -0.25) is 0 Å². The monoisotopic (exact) mass is 182 g/mol. The van der Waals surface area contributed by atoms with Gasteiger partial charge in [-0.1, -0.05) is 6.07 Å². The molecule has 2 nitrogen and oxygen atoms in total. The standard InChI is InChI=1S/C10H15FN2/c1-7(12)8-4-5-10(13(2)3)9(11)6-8/h4-7H,12H2,1-3H3. The quantitative estimate of drug-likeness (QED) is 0.757. The number of anilines is 1. The van der Waals surface area contributed by atoms with Crippen LogP contribution in [0.3, 0.4) is 0 Å². The Bertz CT molecular complexity index is 295. The Labute approximate surface area is 78.2 Å². The molecule has 0 saturated carbocycles. The van der Waals surface area contributed by atoms with Crippen LogP contribution in [0, 0.1) is 5.82 Å². The van der Waals surface area contributed by atoms with Crippen molar-refractivity contribution in [3.8, 4) is 0 Å². The molecule has 0 saturated heterocycles. The molecule has 0 spiro atoms. The second-order valence-corrected chi connectivity index (χ2v) is 3.39. The second-order valence-electron chi connectivity index (χ2n) is 3.39. The van der Waals surface area contributed by atoms with Gasteiger partial charge in [0.25, 0.3) is 0 Å². The van der Waals surface area contributed by atoms with Gasteiger partial charge in [0, 0.05) is 20.1 Å². The molecular weight excluding hydrogens is 167 g/mol. The van der Waals surface area contributed by atoms with E-state index in [1.807, 2.05) is 27.1 Å². The topological polar surface area (TPSA) is 29.3 Å². The van der Waals surface area contributed by atoms with Crippen LogP contribution >= 0.6 is 0 Å². The van der Waals surface area contributed by atoms with Crippen LogP contribution in [-0.4, -0.2) is 14.1 Å². The third kappa shape index (κ3) is 2.18. The summed E-state index contributed by atoms with van der Waals surface area (Å²) in [6.07, 6.45) is 0. The SMILES string of the molecule is CC(N)c1ccc(N(C)C)c(F)c1. The summed E-state index contributed by atoms with van der Waals surface area (Å²) in [5.41, 5.74) is 7.04. The van der Waals surface area contributed by atoms with Crippen LogP contribution in [0.1, 0.15) is 18.5 Å². The molecule has 0 aromatic heterocycles.